The Morgan fingerprint density at radius 1 is 1.12 bits per heavy atom. The molecule has 5 nitrogen and oxygen atoms in total. The molecule has 0 aliphatic rings. The van der Waals surface area contributed by atoms with Crippen LogP contribution in [0.15, 0.2) is 53.8 Å². The van der Waals surface area contributed by atoms with Crippen LogP contribution in [0.25, 0.3) is 0 Å². The number of Topliss-reactive ketones (excluding diaryl/α,β-unsaturated/α-hetero) is 1. The van der Waals surface area contributed by atoms with Crippen molar-refractivity contribution in [2.24, 2.45) is 7.05 Å². The normalized spacial score (nSPS) is 10.9. The molecule has 0 aliphatic carbocycles. The van der Waals surface area contributed by atoms with Crippen LogP contribution in [0.2, 0.25) is 0 Å². The smallest absolute Gasteiger partial charge is 0.191 e. The van der Waals surface area contributed by atoms with Crippen molar-refractivity contribution < 1.29 is 4.79 Å². The summed E-state index contributed by atoms with van der Waals surface area (Å²) in [5, 5.41) is 9.39. The fourth-order valence-corrected chi connectivity index (χ4v) is 3.50. The molecule has 0 radical (unpaired) electrons. The number of benzene rings is 1. The zero-order valence-electron chi connectivity index (χ0n) is 13.8. The summed E-state index contributed by atoms with van der Waals surface area (Å²) in [4.78, 5) is 12.3. The first-order valence-electron chi connectivity index (χ1n) is 7.92. The third-order valence-corrected chi connectivity index (χ3v) is 4.84. The highest BCUT2D eigenvalue weighted by Crippen LogP contribution is 2.20. The van der Waals surface area contributed by atoms with Gasteiger partial charge in [-0.1, -0.05) is 42.1 Å². The number of carbonyl (C=O) groups excluding carboxylic acids is 1. The van der Waals surface area contributed by atoms with Gasteiger partial charge in [0.05, 0.1) is 11.4 Å². The second-order valence-corrected chi connectivity index (χ2v) is 6.46. The lowest BCUT2D eigenvalue weighted by Crippen LogP contribution is -2.09. The van der Waals surface area contributed by atoms with Crippen LogP contribution < -0.4 is 0 Å². The first kappa shape index (κ1) is 16.5. The van der Waals surface area contributed by atoms with E-state index in [0.29, 0.717) is 5.75 Å². The van der Waals surface area contributed by atoms with E-state index in [4.69, 9.17) is 0 Å². The third kappa shape index (κ3) is 3.59. The minimum absolute atomic E-state index is 0.0998. The largest absolute Gasteiger partial charge is 0.348 e. The van der Waals surface area contributed by atoms with Crippen molar-refractivity contribution in [3.63, 3.8) is 0 Å². The Hall–Kier alpha value is -2.34. The number of hydrogen-bond donors (Lipinski definition) is 0. The number of aromatic nitrogens is 4. The molecule has 0 N–H and O–H groups in total. The highest BCUT2D eigenvalue weighted by molar-refractivity contribution is 7.99. The van der Waals surface area contributed by atoms with E-state index in [9.17, 15) is 4.79 Å². The van der Waals surface area contributed by atoms with Crippen LogP contribution in [-0.2, 0) is 20.0 Å². The van der Waals surface area contributed by atoms with E-state index in [2.05, 4.69) is 33.8 Å². The molecule has 0 aliphatic heterocycles. The van der Waals surface area contributed by atoms with Crippen LogP contribution in [-0.4, -0.2) is 30.9 Å². The lowest BCUT2D eigenvalue weighted by molar-refractivity contribution is 0.101. The molecule has 24 heavy (non-hydrogen) atoms. The number of rotatable bonds is 7. The van der Waals surface area contributed by atoms with Crippen molar-refractivity contribution in [3.05, 3.63) is 65.7 Å². The van der Waals surface area contributed by atoms with Crippen molar-refractivity contribution in [2.75, 3.05) is 5.75 Å². The van der Waals surface area contributed by atoms with Crippen LogP contribution in [0.4, 0.5) is 0 Å². The molecule has 6 heteroatoms. The number of ketones is 1. The lowest BCUT2D eigenvalue weighted by Gasteiger charge is -2.07. The Morgan fingerprint density at radius 3 is 2.58 bits per heavy atom. The molecule has 0 bridgehead atoms. The average molecular weight is 340 g/mol. The van der Waals surface area contributed by atoms with Gasteiger partial charge in [0, 0.05) is 26.2 Å². The number of hydrogen-bond acceptors (Lipinski definition) is 4. The summed E-state index contributed by atoms with van der Waals surface area (Å²) in [6.07, 6.45) is 2.62. The molecule has 0 amide bonds. The van der Waals surface area contributed by atoms with Crippen LogP contribution in [0.1, 0.15) is 28.8 Å². The summed E-state index contributed by atoms with van der Waals surface area (Å²) in [5.74, 6) is 1.39. The Morgan fingerprint density at radius 2 is 1.92 bits per heavy atom. The fraction of sp³-hybridized carbons (Fsp3) is 0.278. The molecule has 0 saturated heterocycles. The van der Waals surface area contributed by atoms with E-state index in [0.717, 1.165) is 29.6 Å². The van der Waals surface area contributed by atoms with Crippen molar-refractivity contribution in [1.82, 2.24) is 19.3 Å². The van der Waals surface area contributed by atoms with E-state index in [1.165, 1.54) is 17.3 Å². The number of carbonyl (C=O) groups is 1. The van der Waals surface area contributed by atoms with Crippen molar-refractivity contribution in [2.45, 2.75) is 25.0 Å². The summed E-state index contributed by atoms with van der Waals surface area (Å²) in [6.45, 7) is 2.86. The second kappa shape index (κ2) is 7.49. The molecule has 0 atom stereocenters. The maximum Gasteiger partial charge on any atom is 0.191 e. The maximum atomic E-state index is 12.3. The molecular formula is C18H20N4OS. The van der Waals surface area contributed by atoms with Gasteiger partial charge in [0.2, 0.25) is 0 Å². The van der Waals surface area contributed by atoms with Crippen LogP contribution in [0, 0.1) is 0 Å². The topological polar surface area (TPSA) is 52.7 Å². The molecule has 3 aromatic rings. The fourth-order valence-electron chi connectivity index (χ4n) is 2.61. The maximum absolute atomic E-state index is 12.3. The Bertz CT molecular complexity index is 823. The number of nitrogens with zero attached hydrogens (tertiary/aromatic N) is 4. The Balaban J connectivity index is 1.70. The Labute approximate surface area is 145 Å². The van der Waals surface area contributed by atoms with Crippen molar-refractivity contribution >= 4 is 17.5 Å². The van der Waals surface area contributed by atoms with E-state index in [-0.39, 0.29) is 5.78 Å². The van der Waals surface area contributed by atoms with Gasteiger partial charge in [-0.05, 0) is 24.6 Å². The van der Waals surface area contributed by atoms with Crippen LogP contribution in [0.3, 0.4) is 0 Å². The second-order valence-electron chi connectivity index (χ2n) is 5.52. The van der Waals surface area contributed by atoms with E-state index >= 15 is 0 Å². The van der Waals surface area contributed by atoms with Crippen LogP contribution >= 0.6 is 11.8 Å². The van der Waals surface area contributed by atoms with Gasteiger partial charge in [0.15, 0.2) is 10.9 Å². The zero-order valence-corrected chi connectivity index (χ0v) is 14.7. The number of aryl methyl sites for hydroxylation is 1. The monoisotopic (exact) mass is 340 g/mol. The standard InChI is InChI=1S/C18H20N4OS/c1-3-22-17(12-14-8-5-4-6-9-14)19-20-18(22)24-13-16(23)15-10-7-11-21(15)2/h4-11H,3,12-13H2,1-2H3. The van der Waals surface area contributed by atoms with Crippen molar-refractivity contribution in [1.29, 1.82) is 0 Å². The first-order valence-corrected chi connectivity index (χ1v) is 8.91. The van der Waals surface area contributed by atoms with E-state index < -0.39 is 0 Å². The molecule has 2 aromatic heterocycles. The minimum atomic E-state index is 0.0998. The number of thioether (sulfide) groups is 1. The van der Waals surface area contributed by atoms with Gasteiger partial charge in [-0.15, -0.1) is 10.2 Å². The molecule has 0 spiro atoms. The van der Waals surface area contributed by atoms with Crippen LogP contribution in [0.5, 0.6) is 0 Å². The molecule has 124 valence electrons. The minimum Gasteiger partial charge on any atom is -0.348 e. The highest BCUT2D eigenvalue weighted by Gasteiger charge is 2.15. The molecule has 0 unspecified atom stereocenters. The van der Waals surface area contributed by atoms with Gasteiger partial charge in [-0.25, -0.2) is 0 Å². The predicted octanol–water partition coefficient (Wildman–Crippen LogP) is 3.20. The average Bonchev–Trinajstić information content (AvgIpc) is 3.19. The third-order valence-electron chi connectivity index (χ3n) is 3.88. The van der Waals surface area contributed by atoms with E-state index in [1.54, 1.807) is 0 Å². The molecular weight excluding hydrogens is 320 g/mol. The van der Waals surface area contributed by atoms with Gasteiger partial charge in [-0.2, -0.15) is 0 Å². The van der Waals surface area contributed by atoms with Gasteiger partial charge < -0.3 is 9.13 Å². The summed E-state index contributed by atoms with van der Waals surface area (Å²) in [7, 11) is 1.88. The SMILES string of the molecule is CCn1c(Cc2ccccc2)nnc1SCC(=O)c1cccn1C. The zero-order chi connectivity index (χ0) is 16.9. The first-order chi connectivity index (χ1) is 11.7. The summed E-state index contributed by atoms with van der Waals surface area (Å²) < 4.78 is 3.92. The lowest BCUT2D eigenvalue weighted by atomic mass is 10.1. The van der Waals surface area contributed by atoms with E-state index in [1.807, 2.05) is 48.1 Å². The van der Waals surface area contributed by atoms with Gasteiger partial charge in [-0.3, -0.25) is 4.79 Å². The van der Waals surface area contributed by atoms with Gasteiger partial charge in [0.1, 0.15) is 5.82 Å². The summed E-state index contributed by atoms with van der Waals surface area (Å²) >= 11 is 1.44. The van der Waals surface area contributed by atoms with Gasteiger partial charge in [0.25, 0.3) is 0 Å². The molecule has 1 aromatic carbocycles. The highest BCUT2D eigenvalue weighted by atomic mass is 32.2. The quantitative estimate of drug-likeness (QED) is 0.489. The van der Waals surface area contributed by atoms with Crippen molar-refractivity contribution in [3.8, 4) is 0 Å². The molecule has 3 rings (SSSR count). The van der Waals surface area contributed by atoms with Gasteiger partial charge >= 0.3 is 0 Å². The molecule has 2 heterocycles. The Kier molecular flexibility index (Phi) is 5.15. The summed E-state index contributed by atoms with van der Waals surface area (Å²) in [6, 6.07) is 13.9. The molecule has 0 fully saturated rings. The molecule has 0 saturated carbocycles. The predicted molar refractivity (Wildman–Crippen MR) is 95.4 cm³/mol. The summed E-state index contributed by atoms with van der Waals surface area (Å²) in [5.41, 5.74) is 1.92.